The Kier molecular flexibility index (Phi) is 3.54. The van der Waals surface area contributed by atoms with Crippen LogP contribution in [0.15, 0.2) is 24.3 Å². The molecule has 0 aromatic rings. The van der Waals surface area contributed by atoms with Gasteiger partial charge in [0.2, 0.25) is 0 Å². The van der Waals surface area contributed by atoms with Crippen molar-refractivity contribution in [1.82, 2.24) is 0 Å². The van der Waals surface area contributed by atoms with Gasteiger partial charge in [-0.15, -0.1) is 6.58 Å². The first-order valence-corrected chi connectivity index (χ1v) is 5.72. The Hall–Kier alpha value is -0.850. The Morgan fingerprint density at radius 2 is 2.27 bits per heavy atom. The molecule has 0 saturated carbocycles. The molecule has 1 aliphatic carbocycles. The molecule has 84 valence electrons. The molecule has 0 aromatic heterocycles. The number of hydrogen-bond donors (Lipinski definition) is 0. The average molecular weight is 206 g/mol. The second-order valence-corrected chi connectivity index (χ2v) is 5.26. The second-order valence-electron chi connectivity index (χ2n) is 5.26. The Bertz CT molecular complexity index is 296. The van der Waals surface area contributed by atoms with Crippen molar-refractivity contribution in [3.8, 4) is 0 Å². The van der Waals surface area contributed by atoms with Gasteiger partial charge in [-0.1, -0.05) is 38.5 Å². The summed E-state index contributed by atoms with van der Waals surface area (Å²) in [7, 11) is 0. The van der Waals surface area contributed by atoms with E-state index in [0.29, 0.717) is 18.1 Å². The lowest BCUT2D eigenvalue weighted by Crippen LogP contribution is -2.39. The number of carbonyl (C=O) groups is 1. The quantitative estimate of drug-likeness (QED) is 0.643. The second kappa shape index (κ2) is 4.34. The van der Waals surface area contributed by atoms with E-state index >= 15 is 0 Å². The van der Waals surface area contributed by atoms with Gasteiger partial charge >= 0.3 is 0 Å². The Labute approximate surface area is 93.3 Å². The lowest BCUT2D eigenvalue weighted by Gasteiger charge is -2.41. The van der Waals surface area contributed by atoms with Crippen molar-refractivity contribution in [2.45, 2.75) is 40.5 Å². The smallest absolute Gasteiger partial charge is 0.140 e. The molecule has 1 nitrogen and oxygen atoms in total. The zero-order valence-electron chi connectivity index (χ0n) is 10.3. The van der Waals surface area contributed by atoms with Crippen LogP contribution in [0.2, 0.25) is 0 Å². The van der Waals surface area contributed by atoms with Crippen molar-refractivity contribution in [2.75, 3.05) is 0 Å². The van der Waals surface area contributed by atoms with Crippen molar-refractivity contribution < 1.29 is 4.79 Å². The third kappa shape index (κ3) is 2.22. The zero-order valence-corrected chi connectivity index (χ0v) is 10.3. The highest BCUT2D eigenvalue weighted by atomic mass is 16.1. The summed E-state index contributed by atoms with van der Waals surface area (Å²) in [5.74, 6) is 0.951. The van der Waals surface area contributed by atoms with Gasteiger partial charge in [0.05, 0.1) is 0 Å². The summed E-state index contributed by atoms with van der Waals surface area (Å²) >= 11 is 0. The van der Waals surface area contributed by atoms with Crippen molar-refractivity contribution in [3.05, 3.63) is 24.3 Å². The highest BCUT2D eigenvalue weighted by Gasteiger charge is 2.41. The van der Waals surface area contributed by atoms with Crippen molar-refractivity contribution in [1.29, 1.82) is 0 Å². The number of carbonyl (C=O) groups excluding carboxylic acids is 1. The monoisotopic (exact) mass is 206 g/mol. The van der Waals surface area contributed by atoms with Gasteiger partial charge in [0.15, 0.2) is 0 Å². The van der Waals surface area contributed by atoms with Crippen LogP contribution in [-0.4, -0.2) is 5.78 Å². The molecule has 0 saturated heterocycles. The molecular weight excluding hydrogens is 184 g/mol. The van der Waals surface area contributed by atoms with Crippen LogP contribution in [0.1, 0.15) is 40.5 Å². The normalized spacial score (nSPS) is 29.5. The Balaban J connectivity index is 2.99. The third-order valence-electron chi connectivity index (χ3n) is 3.85. The lowest BCUT2D eigenvalue weighted by molar-refractivity contribution is -0.127. The fourth-order valence-corrected chi connectivity index (χ4v) is 2.71. The van der Waals surface area contributed by atoms with Gasteiger partial charge < -0.3 is 0 Å². The van der Waals surface area contributed by atoms with Crippen molar-refractivity contribution in [3.63, 3.8) is 0 Å². The number of Topliss-reactive ketones (excluding diaryl/α,β-unsaturated/α-hetero) is 1. The summed E-state index contributed by atoms with van der Waals surface area (Å²) < 4.78 is 0. The molecule has 0 bridgehead atoms. The average Bonchev–Trinajstić information content (AvgIpc) is 2.12. The molecule has 0 unspecified atom stereocenters. The first kappa shape index (κ1) is 12.2. The summed E-state index contributed by atoms with van der Waals surface area (Å²) in [4.78, 5) is 12.1. The fraction of sp³-hybridized carbons (Fsp3) is 0.643. The maximum Gasteiger partial charge on any atom is 0.140 e. The van der Waals surface area contributed by atoms with E-state index in [-0.39, 0.29) is 11.3 Å². The molecule has 0 amide bonds. The van der Waals surface area contributed by atoms with Gasteiger partial charge in [0, 0.05) is 12.3 Å². The number of allylic oxidation sites excluding steroid dienone is 3. The molecule has 0 radical (unpaired) electrons. The maximum absolute atomic E-state index is 12.1. The number of ketones is 1. The van der Waals surface area contributed by atoms with Crippen LogP contribution in [0.25, 0.3) is 0 Å². The molecule has 0 aliphatic heterocycles. The molecular formula is C14H22O. The highest BCUT2D eigenvalue weighted by molar-refractivity contribution is 5.84. The molecule has 0 spiro atoms. The van der Waals surface area contributed by atoms with E-state index < -0.39 is 0 Å². The molecule has 0 heterocycles. The predicted octanol–water partition coefficient (Wildman–Crippen LogP) is 3.76. The lowest BCUT2D eigenvalue weighted by atomic mass is 9.62. The first-order chi connectivity index (χ1) is 6.91. The van der Waals surface area contributed by atoms with Crippen LogP contribution < -0.4 is 0 Å². The number of hydrogen-bond acceptors (Lipinski definition) is 1. The maximum atomic E-state index is 12.1. The summed E-state index contributed by atoms with van der Waals surface area (Å²) in [6, 6.07) is 0. The molecule has 0 fully saturated rings. The Morgan fingerprint density at radius 1 is 1.67 bits per heavy atom. The van der Waals surface area contributed by atoms with E-state index in [1.165, 1.54) is 5.57 Å². The predicted molar refractivity (Wildman–Crippen MR) is 64.6 cm³/mol. The molecule has 0 N–H and O–H groups in total. The summed E-state index contributed by atoms with van der Waals surface area (Å²) in [6.07, 6.45) is 5.54. The minimum Gasteiger partial charge on any atom is -0.299 e. The van der Waals surface area contributed by atoms with Crippen LogP contribution in [0.5, 0.6) is 0 Å². The SMILES string of the molecule is C=CCC(=O)[C@H]1[C@@H](C)CC=C(C)C1(C)C. The van der Waals surface area contributed by atoms with Crippen LogP contribution >= 0.6 is 0 Å². The van der Waals surface area contributed by atoms with Gasteiger partial charge in [-0.25, -0.2) is 0 Å². The van der Waals surface area contributed by atoms with Crippen LogP contribution in [0.4, 0.5) is 0 Å². The van der Waals surface area contributed by atoms with Gasteiger partial charge in [-0.3, -0.25) is 4.79 Å². The molecule has 15 heavy (non-hydrogen) atoms. The molecule has 0 aromatic carbocycles. The summed E-state index contributed by atoms with van der Waals surface area (Å²) in [5.41, 5.74) is 1.36. The van der Waals surface area contributed by atoms with Crippen molar-refractivity contribution in [2.24, 2.45) is 17.3 Å². The van der Waals surface area contributed by atoms with Gasteiger partial charge in [0.25, 0.3) is 0 Å². The first-order valence-electron chi connectivity index (χ1n) is 5.72. The topological polar surface area (TPSA) is 17.1 Å². The van der Waals surface area contributed by atoms with E-state index in [1.54, 1.807) is 6.08 Å². The Morgan fingerprint density at radius 3 is 2.80 bits per heavy atom. The van der Waals surface area contributed by atoms with Crippen LogP contribution in [0, 0.1) is 17.3 Å². The highest BCUT2D eigenvalue weighted by Crippen LogP contribution is 2.45. The van der Waals surface area contributed by atoms with Crippen LogP contribution in [0.3, 0.4) is 0 Å². The fourth-order valence-electron chi connectivity index (χ4n) is 2.71. The largest absolute Gasteiger partial charge is 0.299 e. The van der Waals surface area contributed by atoms with E-state index in [0.717, 1.165) is 6.42 Å². The van der Waals surface area contributed by atoms with E-state index in [1.807, 2.05) is 0 Å². The minimum absolute atomic E-state index is 0.0117. The van der Waals surface area contributed by atoms with Crippen molar-refractivity contribution >= 4 is 5.78 Å². The summed E-state index contributed by atoms with van der Waals surface area (Å²) in [5, 5.41) is 0. The van der Waals surface area contributed by atoms with Gasteiger partial charge in [-0.05, 0) is 24.7 Å². The third-order valence-corrected chi connectivity index (χ3v) is 3.85. The van der Waals surface area contributed by atoms with E-state index in [4.69, 9.17) is 0 Å². The van der Waals surface area contributed by atoms with E-state index in [9.17, 15) is 4.79 Å². The standard InChI is InChI=1S/C14H22O/c1-6-7-12(15)13-10(2)8-9-11(3)14(13,4)5/h6,9-10,13H,1,7-8H2,2-5H3/t10-,13+/m0/s1. The summed E-state index contributed by atoms with van der Waals surface area (Å²) in [6.45, 7) is 12.3. The molecule has 1 aliphatic rings. The van der Waals surface area contributed by atoms with Gasteiger partial charge in [-0.2, -0.15) is 0 Å². The van der Waals surface area contributed by atoms with Gasteiger partial charge in [0.1, 0.15) is 5.78 Å². The number of rotatable bonds is 3. The molecule has 1 heteroatoms. The van der Waals surface area contributed by atoms with E-state index in [2.05, 4.69) is 40.3 Å². The molecule has 2 atom stereocenters. The van der Waals surface area contributed by atoms with Crippen LogP contribution in [-0.2, 0) is 4.79 Å². The minimum atomic E-state index is 0.0117. The molecule has 1 rings (SSSR count). The zero-order chi connectivity index (χ0) is 11.6.